The molecule has 2 N–H and O–H groups in total. The summed E-state index contributed by atoms with van der Waals surface area (Å²) in [5.41, 5.74) is 6.99. The lowest BCUT2D eigenvalue weighted by Gasteiger charge is -2.29. The Kier molecular flexibility index (Phi) is 5.46. The molecule has 2 unspecified atom stereocenters. The number of carbonyl (C=O) groups is 1. The minimum atomic E-state index is -0.0866. The molecule has 1 aliphatic heterocycles. The van der Waals surface area contributed by atoms with Crippen LogP contribution in [0.15, 0.2) is 29.2 Å². The van der Waals surface area contributed by atoms with Gasteiger partial charge in [-0.3, -0.25) is 4.79 Å². The van der Waals surface area contributed by atoms with Gasteiger partial charge in [-0.2, -0.15) is 0 Å². The van der Waals surface area contributed by atoms with Gasteiger partial charge in [0.1, 0.15) is 0 Å². The number of hydrogen-bond acceptors (Lipinski definition) is 4. The van der Waals surface area contributed by atoms with Gasteiger partial charge >= 0.3 is 0 Å². The van der Waals surface area contributed by atoms with Crippen LogP contribution in [0.3, 0.4) is 0 Å². The summed E-state index contributed by atoms with van der Waals surface area (Å²) in [7, 11) is 0. The Balaban J connectivity index is 1.97. The first-order valence-electron chi connectivity index (χ1n) is 6.96. The van der Waals surface area contributed by atoms with Gasteiger partial charge in [-0.25, -0.2) is 0 Å². The van der Waals surface area contributed by atoms with Crippen molar-refractivity contribution in [1.29, 1.82) is 0 Å². The highest BCUT2D eigenvalue weighted by molar-refractivity contribution is 8.00. The Morgan fingerprint density at radius 3 is 2.70 bits per heavy atom. The number of nitrogens with zero attached hydrogens (tertiary/aromatic N) is 1. The SMILES string of the molecule is CC(Sc1cccc(C(C)N)c1)C(=O)N1CCOCC1. The summed E-state index contributed by atoms with van der Waals surface area (Å²) in [5.74, 6) is 0.185. The fourth-order valence-electron chi connectivity index (χ4n) is 2.17. The molecule has 110 valence electrons. The normalized spacial score (nSPS) is 18.6. The Bertz CT molecular complexity index is 459. The van der Waals surface area contributed by atoms with Crippen LogP contribution in [0.5, 0.6) is 0 Å². The quantitative estimate of drug-likeness (QED) is 0.864. The lowest BCUT2D eigenvalue weighted by Crippen LogP contribution is -2.44. The molecular weight excluding hydrogens is 272 g/mol. The van der Waals surface area contributed by atoms with Crippen LogP contribution in [-0.4, -0.2) is 42.4 Å². The van der Waals surface area contributed by atoms with Gasteiger partial charge in [-0.1, -0.05) is 12.1 Å². The summed E-state index contributed by atoms with van der Waals surface area (Å²) >= 11 is 1.59. The largest absolute Gasteiger partial charge is 0.378 e. The number of morpholine rings is 1. The summed E-state index contributed by atoms with van der Waals surface area (Å²) in [5, 5.41) is -0.0866. The molecule has 0 bridgehead atoms. The predicted molar refractivity (Wildman–Crippen MR) is 81.8 cm³/mol. The maximum Gasteiger partial charge on any atom is 0.235 e. The Morgan fingerprint density at radius 2 is 2.05 bits per heavy atom. The Morgan fingerprint density at radius 1 is 1.35 bits per heavy atom. The van der Waals surface area contributed by atoms with Crippen molar-refractivity contribution in [2.45, 2.75) is 30.0 Å². The zero-order valence-corrected chi connectivity index (χ0v) is 12.9. The number of rotatable bonds is 4. The molecule has 1 aromatic carbocycles. The predicted octanol–water partition coefficient (Wildman–Crippen LogP) is 2.05. The second-order valence-corrected chi connectivity index (χ2v) is 6.47. The van der Waals surface area contributed by atoms with Gasteiger partial charge in [0.05, 0.1) is 18.5 Å². The number of benzene rings is 1. The van der Waals surface area contributed by atoms with E-state index in [0.717, 1.165) is 10.5 Å². The van der Waals surface area contributed by atoms with E-state index in [4.69, 9.17) is 10.5 Å². The van der Waals surface area contributed by atoms with Gasteiger partial charge in [-0.05, 0) is 31.5 Å². The van der Waals surface area contributed by atoms with Gasteiger partial charge < -0.3 is 15.4 Å². The fraction of sp³-hybridized carbons (Fsp3) is 0.533. The number of amides is 1. The van der Waals surface area contributed by atoms with E-state index < -0.39 is 0 Å². The highest BCUT2D eigenvalue weighted by atomic mass is 32.2. The van der Waals surface area contributed by atoms with Gasteiger partial charge in [0.2, 0.25) is 5.91 Å². The minimum absolute atomic E-state index is 0.0146. The lowest BCUT2D eigenvalue weighted by molar-refractivity contribution is -0.134. The minimum Gasteiger partial charge on any atom is -0.378 e. The molecule has 1 aromatic rings. The summed E-state index contributed by atoms with van der Waals surface area (Å²) in [6, 6.07) is 8.12. The van der Waals surface area contributed by atoms with Crippen LogP contribution in [0.25, 0.3) is 0 Å². The third kappa shape index (κ3) is 3.98. The number of hydrogen-bond donors (Lipinski definition) is 1. The number of ether oxygens (including phenoxy) is 1. The second-order valence-electron chi connectivity index (χ2n) is 5.06. The van der Waals surface area contributed by atoms with Crippen LogP contribution in [0.2, 0.25) is 0 Å². The summed E-state index contributed by atoms with van der Waals surface area (Å²) in [4.78, 5) is 15.3. The molecule has 0 saturated carbocycles. The molecule has 0 radical (unpaired) electrons. The van der Waals surface area contributed by atoms with Gasteiger partial charge in [-0.15, -0.1) is 11.8 Å². The van der Waals surface area contributed by atoms with Crippen LogP contribution in [0.4, 0.5) is 0 Å². The van der Waals surface area contributed by atoms with E-state index in [1.807, 2.05) is 36.9 Å². The first-order valence-corrected chi connectivity index (χ1v) is 7.84. The van der Waals surface area contributed by atoms with E-state index in [9.17, 15) is 4.79 Å². The maximum atomic E-state index is 12.3. The summed E-state index contributed by atoms with van der Waals surface area (Å²) < 4.78 is 5.28. The van der Waals surface area contributed by atoms with E-state index in [2.05, 4.69) is 6.07 Å². The molecule has 1 aliphatic rings. The van der Waals surface area contributed by atoms with Gasteiger partial charge in [0.15, 0.2) is 0 Å². The number of carbonyl (C=O) groups excluding carboxylic acids is 1. The van der Waals surface area contributed by atoms with E-state index in [1.54, 1.807) is 11.8 Å². The molecule has 20 heavy (non-hydrogen) atoms. The van der Waals surface area contributed by atoms with Crippen molar-refractivity contribution in [3.8, 4) is 0 Å². The van der Waals surface area contributed by atoms with Crippen LogP contribution in [0, 0.1) is 0 Å². The van der Waals surface area contributed by atoms with Crippen molar-refractivity contribution in [3.63, 3.8) is 0 Å². The zero-order valence-electron chi connectivity index (χ0n) is 12.0. The monoisotopic (exact) mass is 294 g/mol. The third-order valence-corrected chi connectivity index (χ3v) is 4.45. The van der Waals surface area contributed by atoms with Crippen molar-refractivity contribution in [3.05, 3.63) is 29.8 Å². The summed E-state index contributed by atoms with van der Waals surface area (Å²) in [6.07, 6.45) is 0. The first-order chi connectivity index (χ1) is 9.58. The molecule has 1 saturated heterocycles. The molecule has 1 heterocycles. The topological polar surface area (TPSA) is 55.6 Å². The first kappa shape index (κ1) is 15.4. The molecule has 2 atom stereocenters. The molecule has 0 aromatic heterocycles. The van der Waals surface area contributed by atoms with E-state index in [-0.39, 0.29) is 17.2 Å². The van der Waals surface area contributed by atoms with Crippen molar-refractivity contribution >= 4 is 17.7 Å². The van der Waals surface area contributed by atoms with Crippen molar-refractivity contribution in [2.75, 3.05) is 26.3 Å². The van der Waals surface area contributed by atoms with Gasteiger partial charge in [0, 0.05) is 24.0 Å². The Hall–Kier alpha value is -1.04. The molecule has 0 spiro atoms. The highest BCUT2D eigenvalue weighted by Crippen LogP contribution is 2.26. The Labute approximate surface area is 124 Å². The van der Waals surface area contributed by atoms with Crippen molar-refractivity contribution < 1.29 is 9.53 Å². The third-order valence-electron chi connectivity index (χ3n) is 3.37. The molecule has 1 fully saturated rings. The van der Waals surface area contributed by atoms with Crippen molar-refractivity contribution in [2.24, 2.45) is 5.73 Å². The van der Waals surface area contributed by atoms with Gasteiger partial charge in [0.25, 0.3) is 0 Å². The average Bonchev–Trinajstić information content (AvgIpc) is 2.47. The van der Waals surface area contributed by atoms with E-state index in [0.29, 0.717) is 26.3 Å². The van der Waals surface area contributed by atoms with E-state index >= 15 is 0 Å². The zero-order chi connectivity index (χ0) is 14.5. The molecule has 5 heteroatoms. The van der Waals surface area contributed by atoms with Crippen LogP contribution in [-0.2, 0) is 9.53 Å². The standard InChI is InChI=1S/C15H22N2O2S/c1-11(16)13-4-3-5-14(10-13)20-12(2)15(18)17-6-8-19-9-7-17/h3-5,10-12H,6-9,16H2,1-2H3. The highest BCUT2D eigenvalue weighted by Gasteiger charge is 2.23. The van der Waals surface area contributed by atoms with Crippen LogP contribution < -0.4 is 5.73 Å². The van der Waals surface area contributed by atoms with Crippen LogP contribution >= 0.6 is 11.8 Å². The van der Waals surface area contributed by atoms with E-state index in [1.165, 1.54) is 0 Å². The maximum absolute atomic E-state index is 12.3. The molecule has 0 aliphatic carbocycles. The summed E-state index contributed by atoms with van der Waals surface area (Å²) in [6.45, 7) is 6.60. The molecule has 1 amide bonds. The fourth-order valence-corrected chi connectivity index (χ4v) is 3.19. The van der Waals surface area contributed by atoms with Crippen molar-refractivity contribution in [1.82, 2.24) is 4.90 Å². The lowest BCUT2D eigenvalue weighted by atomic mass is 10.1. The number of thioether (sulfide) groups is 1. The molecular formula is C15H22N2O2S. The van der Waals surface area contributed by atoms with Crippen LogP contribution in [0.1, 0.15) is 25.5 Å². The number of nitrogens with two attached hydrogens (primary N) is 1. The second kappa shape index (κ2) is 7.11. The smallest absolute Gasteiger partial charge is 0.235 e. The average molecular weight is 294 g/mol. The molecule has 2 rings (SSSR count). The molecule has 4 nitrogen and oxygen atoms in total.